The smallest absolute Gasteiger partial charge is 0.227 e. The van der Waals surface area contributed by atoms with E-state index in [4.69, 9.17) is 4.74 Å². The van der Waals surface area contributed by atoms with Crippen LogP contribution in [0.4, 0.5) is 5.69 Å². The summed E-state index contributed by atoms with van der Waals surface area (Å²) in [5, 5.41) is 2.87. The number of hydrogen-bond donors (Lipinski definition) is 1. The number of Topliss-reactive ketones (excluding diaryl/α,β-unsaturated/α-hetero) is 1. The first-order valence-corrected chi connectivity index (χ1v) is 9.29. The zero-order valence-electron chi connectivity index (χ0n) is 16.1. The summed E-state index contributed by atoms with van der Waals surface area (Å²) < 4.78 is 5.07. The molecule has 2 amide bonds. The Morgan fingerprint density at radius 1 is 1.11 bits per heavy atom. The number of hydrogen-bond acceptors (Lipinski definition) is 4. The molecule has 6 nitrogen and oxygen atoms in total. The van der Waals surface area contributed by atoms with Crippen LogP contribution in [0.5, 0.6) is 5.75 Å². The molecule has 1 aliphatic rings. The number of benzene rings is 2. The predicted octanol–water partition coefficient (Wildman–Crippen LogP) is 2.92. The fourth-order valence-corrected chi connectivity index (χ4v) is 3.39. The summed E-state index contributed by atoms with van der Waals surface area (Å²) in [7, 11) is 3.33. The van der Waals surface area contributed by atoms with Gasteiger partial charge in [-0.2, -0.15) is 0 Å². The third-order valence-corrected chi connectivity index (χ3v) is 5.07. The van der Waals surface area contributed by atoms with Crippen LogP contribution >= 0.6 is 0 Å². The minimum Gasteiger partial charge on any atom is -0.497 e. The van der Waals surface area contributed by atoms with Crippen molar-refractivity contribution >= 4 is 23.3 Å². The van der Waals surface area contributed by atoms with Crippen molar-refractivity contribution in [2.24, 2.45) is 0 Å². The maximum atomic E-state index is 12.2. The summed E-state index contributed by atoms with van der Waals surface area (Å²) in [6, 6.07) is 14.6. The first kappa shape index (κ1) is 19.6. The van der Waals surface area contributed by atoms with Crippen LogP contribution in [-0.4, -0.2) is 38.3 Å². The van der Waals surface area contributed by atoms with E-state index in [0.717, 1.165) is 11.3 Å². The van der Waals surface area contributed by atoms with Crippen LogP contribution in [0.1, 0.15) is 41.1 Å². The minimum atomic E-state index is -0.189. The van der Waals surface area contributed by atoms with E-state index in [1.165, 1.54) is 0 Å². The number of anilines is 1. The van der Waals surface area contributed by atoms with E-state index in [-0.39, 0.29) is 36.4 Å². The minimum absolute atomic E-state index is 0.0348. The molecule has 0 radical (unpaired) electrons. The molecular formula is C22H24N2O4. The number of nitrogens with zero attached hydrogens (tertiary/aromatic N) is 1. The molecule has 0 aliphatic carbocycles. The average Bonchev–Trinajstić information content (AvgIpc) is 2.73. The Bertz CT molecular complexity index is 876. The van der Waals surface area contributed by atoms with Gasteiger partial charge in [0.25, 0.3) is 0 Å². The predicted molar refractivity (Wildman–Crippen MR) is 107 cm³/mol. The number of carbonyl (C=O) groups is 3. The first-order valence-electron chi connectivity index (χ1n) is 9.29. The molecule has 1 heterocycles. The van der Waals surface area contributed by atoms with Gasteiger partial charge in [0, 0.05) is 50.0 Å². The summed E-state index contributed by atoms with van der Waals surface area (Å²) in [5.41, 5.74) is 2.50. The molecule has 28 heavy (non-hydrogen) atoms. The molecule has 1 atom stereocenters. The number of fused-ring (bicyclic) bond motifs is 1. The summed E-state index contributed by atoms with van der Waals surface area (Å²) in [4.78, 5) is 38.3. The van der Waals surface area contributed by atoms with Gasteiger partial charge >= 0.3 is 0 Å². The zero-order valence-corrected chi connectivity index (χ0v) is 16.1. The van der Waals surface area contributed by atoms with Gasteiger partial charge in [0.1, 0.15) is 5.75 Å². The van der Waals surface area contributed by atoms with Crippen molar-refractivity contribution in [3.8, 4) is 5.75 Å². The lowest BCUT2D eigenvalue weighted by Gasteiger charge is -2.31. The van der Waals surface area contributed by atoms with Gasteiger partial charge in [0.05, 0.1) is 7.11 Å². The van der Waals surface area contributed by atoms with Gasteiger partial charge in [-0.1, -0.05) is 18.2 Å². The molecule has 1 N–H and O–H groups in total. The van der Waals surface area contributed by atoms with Crippen molar-refractivity contribution in [3.05, 3.63) is 59.7 Å². The Labute approximate surface area is 164 Å². The van der Waals surface area contributed by atoms with Crippen LogP contribution in [0.15, 0.2) is 48.5 Å². The van der Waals surface area contributed by atoms with Crippen molar-refractivity contribution in [2.75, 3.05) is 25.6 Å². The molecule has 0 fully saturated rings. The third kappa shape index (κ3) is 4.39. The largest absolute Gasteiger partial charge is 0.497 e. The van der Waals surface area contributed by atoms with Crippen molar-refractivity contribution in [2.45, 2.75) is 25.2 Å². The van der Waals surface area contributed by atoms with E-state index < -0.39 is 0 Å². The lowest BCUT2D eigenvalue weighted by atomic mass is 9.89. The van der Waals surface area contributed by atoms with Crippen LogP contribution in [0.2, 0.25) is 0 Å². The Balaban J connectivity index is 1.52. The highest BCUT2D eigenvalue weighted by molar-refractivity contribution is 5.98. The lowest BCUT2D eigenvalue weighted by molar-refractivity contribution is -0.122. The van der Waals surface area contributed by atoms with Gasteiger partial charge in [-0.3, -0.25) is 14.4 Å². The Morgan fingerprint density at radius 3 is 2.54 bits per heavy atom. The van der Waals surface area contributed by atoms with Crippen molar-refractivity contribution < 1.29 is 19.1 Å². The van der Waals surface area contributed by atoms with Gasteiger partial charge in [-0.05, 0) is 35.9 Å². The van der Waals surface area contributed by atoms with E-state index >= 15 is 0 Å². The second kappa shape index (κ2) is 8.69. The van der Waals surface area contributed by atoms with Gasteiger partial charge in [-0.15, -0.1) is 0 Å². The highest BCUT2D eigenvalue weighted by atomic mass is 16.5. The molecule has 0 saturated heterocycles. The first-order chi connectivity index (χ1) is 13.5. The molecule has 3 rings (SSSR count). The number of ether oxygens (including phenoxy) is 1. The van der Waals surface area contributed by atoms with Crippen molar-refractivity contribution in [3.63, 3.8) is 0 Å². The number of nitrogens with one attached hydrogen (secondary N) is 1. The van der Waals surface area contributed by atoms with E-state index in [1.807, 2.05) is 24.3 Å². The van der Waals surface area contributed by atoms with Crippen LogP contribution in [0, 0.1) is 0 Å². The van der Waals surface area contributed by atoms with Crippen LogP contribution in [0.3, 0.4) is 0 Å². The molecule has 2 aromatic carbocycles. The summed E-state index contributed by atoms with van der Waals surface area (Å²) in [6.07, 6.45) is 0.618. The lowest BCUT2D eigenvalue weighted by Crippen LogP contribution is -2.37. The monoisotopic (exact) mass is 380 g/mol. The summed E-state index contributed by atoms with van der Waals surface area (Å²) in [5.74, 6) is 0.388. The highest BCUT2D eigenvalue weighted by Gasteiger charge is 2.28. The maximum absolute atomic E-state index is 12.2. The molecule has 0 saturated carbocycles. The summed E-state index contributed by atoms with van der Waals surface area (Å²) in [6.45, 7) is 0.381. The molecule has 6 heteroatoms. The molecular weight excluding hydrogens is 356 g/mol. The molecule has 0 aromatic heterocycles. The quantitative estimate of drug-likeness (QED) is 0.750. The van der Waals surface area contributed by atoms with Crippen LogP contribution < -0.4 is 15.0 Å². The zero-order chi connectivity index (χ0) is 20.1. The number of para-hydroxylation sites is 1. The molecule has 1 aliphatic heterocycles. The Hall–Kier alpha value is -3.15. The van der Waals surface area contributed by atoms with E-state index in [9.17, 15) is 14.4 Å². The normalized spacial score (nSPS) is 15.7. The van der Waals surface area contributed by atoms with Crippen LogP contribution in [-0.2, 0) is 9.59 Å². The molecule has 2 aromatic rings. The van der Waals surface area contributed by atoms with Crippen LogP contribution in [0.25, 0.3) is 0 Å². The Kier molecular flexibility index (Phi) is 6.09. The highest BCUT2D eigenvalue weighted by Crippen LogP contribution is 2.34. The number of methoxy groups -OCH3 is 1. The third-order valence-electron chi connectivity index (χ3n) is 5.07. The summed E-state index contributed by atoms with van der Waals surface area (Å²) >= 11 is 0. The van der Waals surface area contributed by atoms with Gasteiger partial charge in [0.15, 0.2) is 5.78 Å². The van der Waals surface area contributed by atoms with Gasteiger partial charge in [-0.25, -0.2) is 0 Å². The average molecular weight is 380 g/mol. The topological polar surface area (TPSA) is 75.7 Å². The van der Waals surface area contributed by atoms with Crippen molar-refractivity contribution in [1.29, 1.82) is 0 Å². The number of amides is 2. The molecule has 0 unspecified atom stereocenters. The van der Waals surface area contributed by atoms with Gasteiger partial charge in [0.2, 0.25) is 11.8 Å². The molecule has 0 spiro atoms. The van der Waals surface area contributed by atoms with E-state index in [0.29, 0.717) is 24.3 Å². The number of rotatable bonds is 7. The standard InChI is InChI=1S/C22H24N2O4/c1-24-19-6-4-3-5-18(19)16(13-22(24)27)14-23-21(26)12-11-20(25)15-7-9-17(28-2)10-8-15/h3-10,16H,11-14H2,1-2H3,(H,23,26)/t16-/m1/s1. The fourth-order valence-electron chi connectivity index (χ4n) is 3.39. The van der Waals surface area contributed by atoms with E-state index in [2.05, 4.69) is 5.32 Å². The number of carbonyl (C=O) groups excluding carboxylic acids is 3. The molecule has 0 bridgehead atoms. The van der Waals surface area contributed by atoms with Crippen molar-refractivity contribution in [1.82, 2.24) is 5.32 Å². The second-order valence-electron chi connectivity index (χ2n) is 6.87. The molecule has 146 valence electrons. The van der Waals surface area contributed by atoms with E-state index in [1.54, 1.807) is 43.3 Å². The fraction of sp³-hybridized carbons (Fsp3) is 0.318. The van der Waals surface area contributed by atoms with Gasteiger partial charge < -0.3 is 15.0 Å². The SMILES string of the molecule is COc1ccc(C(=O)CCC(=O)NC[C@H]2CC(=O)N(C)c3ccccc32)cc1. The maximum Gasteiger partial charge on any atom is 0.227 e. The number of ketones is 1. The second-order valence-corrected chi connectivity index (χ2v) is 6.87. The Morgan fingerprint density at radius 2 is 1.82 bits per heavy atom.